The van der Waals surface area contributed by atoms with Gasteiger partial charge < -0.3 is 21.2 Å². The van der Waals surface area contributed by atoms with Crippen molar-refractivity contribution in [2.45, 2.75) is 477 Å². The Bertz CT molecular complexity index is 3020. The molecule has 2 rings (SSSR count). The van der Waals surface area contributed by atoms with E-state index in [0.717, 1.165) is 16.7 Å². The number of aliphatic imine (C=N–C) groups is 2. The minimum Gasteiger partial charge on any atom is -0.352 e. The number of imide groups is 1. The van der Waals surface area contributed by atoms with Crippen molar-refractivity contribution in [2.24, 2.45) is 55.0 Å². The van der Waals surface area contributed by atoms with Crippen LogP contribution in [0.3, 0.4) is 0 Å². The summed E-state index contributed by atoms with van der Waals surface area (Å²) in [5.74, 6) is 14.5. The molecule has 12 N–H and O–H groups in total. The molecule has 2 heterocycles. The molecule has 0 spiro atoms. The molecular formula is C92H209ClN12O13S5. The highest BCUT2D eigenvalue weighted by atomic mass is 35.7. The van der Waals surface area contributed by atoms with Crippen molar-refractivity contribution in [3.63, 3.8) is 0 Å². The normalized spacial score (nSPS) is 11.2. The summed E-state index contributed by atoms with van der Waals surface area (Å²) in [4.78, 5) is 101. The number of carbonyl (C=O) groups is 7. The van der Waals surface area contributed by atoms with Crippen LogP contribution in [0.2, 0.25) is 0 Å². The van der Waals surface area contributed by atoms with Crippen molar-refractivity contribution in [3.8, 4) is 0 Å². The molecular weight excluding hydrogens is 1680 g/mol. The van der Waals surface area contributed by atoms with Crippen LogP contribution in [0.1, 0.15) is 413 Å². The average Bonchev–Trinajstić information content (AvgIpc) is 1.70. The van der Waals surface area contributed by atoms with Crippen molar-refractivity contribution in [3.05, 3.63) is 48.5 Å². The number of carbonyl (C=O) groups excluding carboxylic acids is 8. The Balaban J connectivity index is -0.0000000415. The summed E-state index contributed by atoms with van der Waals surface area (Å²) in [7, 11) is 2.07. The summed E-state index contributed by atoms with van der Waals surface area (Å²) in [5.41, 5.74) is 8.92. The first-order valence-electron chi connectivity index (χ1n) is 36.9. The number of pyridine rings is 1. The lowest BCUT2D eigenvalue weighted by molar-refractivity contribution is -0.142. The number of nitrogens with one attached hydrogen (secondary N) is 4. The number of hydrogen-bond donors (Lipinski definition) is 8. The number of rotatable bonds is 5. The third-order valence-corrected chi connectivity index (χ3v) is 17.0. The molecule has 0 aromatic carbocycles. The molecule has 1 aromatic rings. The number of aldehydes is 1. The first kappa shape index (κ1) is 179. The van der Waals surface area contributed by atoms with Crippen LogP contribution in [0.15, 0.2) is 63.5 Å². The van der Waals surface area contributed by atoms with E-state index in [1.165, 1.54) is 43.9 Å². The number of Topliss-reactive ketones (excluding diaryl/α,β-unsaturated/α-hetero) is 1. The number of ketones is 1. The number of nitrogens with zero attached hydrogens (tertiary/aromatic N) is 4. The Hall–Kier alpha value is -4.65. The zero-order valence-electron chi connectivity index (χ0n) is 79.9. The molecule has 1 aliphatic heterocycles. The van der Waals surface area contributed by atoms with Crippen molar-refractivity contribution >= 4 is 116 Å². The van der Waals surface area contributed by atoms with E-state index in [4.69, 9.17) is 34.0 Å². The van der Waals surface area contributed by atoms with E-state index in [1.54, 1.807) is 59.3 Å². The molecule has 1 aliphatic rings. The topological polar surface area (TPSA) is 407 Å². The van der Waals surface area contributed by atoms with Crippen LogP contribution in [0, 0.1) is 21.7 Å². The third kappa shape index (κ3) is 196. The Labute approximate surface area is 783 Å². The van der Waals surface area contributed by atoms with Gasteiger partial charge in [-0.2, -0.15) is 0 Å². The zero-order valence-corrected chi connectivity index (χ0v) is 84.8. The van der Waals surface area contributed by atoms with Gasteiger partial charge in [-0.15, -0.1) is 0 Å². The number of halogens is 1. The van der Waals surface area contributed by atoms with Gasteiger partial charge in [0.15, 0.2) is 9.84 Å². The standard InChI is InChI=1S/C9H13NS2.C8H11NO2.C7H15NO.C6H13NO.C6H12O2S.C6H12O.C5H12N2O.C5H9NO.C5H9NS.C5H10O.C5H12.C4H12N2.C4H11NO.C4H11N.C3H7ClO2S.10CH4/c1-9(2,3)12-11-8-6-4-5-7-10-8;1-8(2,3)9-6(10)4-5-7(9)11;1-5-6(9)8-7(2,3)4;1-5(8)7-6(2,3)4;1-5-9(7,8)6(2,3)4;1-5(7)6(2,3)4;1-5(2,3)4(8)7-6;2*1-5(2,3)6-4-7;1-5(2,3)4-6;1-5(2,3)4;2*1-4(2,3)6-5;1-4(2,3)5;1-3(2)7(4,5)6;;;;;;;;;;/h4-7H,1-3H3;4-5H,1-3H3;5H2,1-4H3,(H,8,9);1-4H3,(H,7,8);5H,1H2,2-4H3;1-4H3;6H2,1-3H3,(H,7,8);2*1-3H3;4H,1-3H3;1-4H3;6H,5H2,1-3H3;5H2,1-3H3;5H2,1-3H3;3H,1-2H3;10*1H4. The Morgan fingerprint density at radius 2 is 0.886 bits per heavy atom. The summed E-state index contributed by atoms with van der Waals surface area (Å²) < 4.78 is 41.6. The van der Waals surface area contributed by atoms with Crippen LogP contribution in [0.5, 0.6) is 0 Å². The first-order chi connectivity index (χ1) is 48.9. The van der Waals surface area contributed by atoms with E-state index in [-0.39, 0.29) is 165 Å². The van der Waals surface area contributed by atoms with E-state index in [2.05, 4.69) is 114 Å². The van der Waals surface area contributed by atoms with Gasteiger partial charge in [0.05, 0.1) is 31.8 Å². The number of nitrogens with two attached hydrogens (primary N) is 4. The van der Waals surface area contributed by atoms with E-state index < -0.39 is 34.4 Å². The Morgan fingerprint density at radius 3 is 0.959 bits per heavy atom. The van der Waals surface area contributed by atoms with E-state index >= 15 is 0 Å². The maximum Gasteiger partial charge on any atom is 0.254 e. The molecule has 0 atom stereocenters. The maximum absolute atomic E-state index is 11.0. The largest absolute Gasteiger partial charge is 0.352 e. The van der Waals surface area contributed by atoms with E-state index in [0.29, 0.717) is 16.6 Å². The quantitative estimate of drug-likeness (QED) is 0.0130. The highest BCUT2D eigenvalue weighted by Crippen LogP contribution is 2.39. The molecule has 752 valence electrons. The van der Waals surface area contributed by atoms with Crippen LogP contribution >= 0.6 is 44.5 Å². The molecule has 31 heteroatoms. The number of hydrazine groups is 2. The maximum atomic E-state index is 11.0. The Kier molecular flexibility index (Phi) is 119. The van der Waals surface area contributed by atoms with E-state index in [1.807, 2.05) is 250 Å². The zero-order chi connectivity index (χ0) is 95.0. The van der Waals surface area contributed by atoms with Crippen LogP contribution in [0.25, 0.3) is 0 Å². The van der Waals surface area contributed by atoms with Gasteiger partial charge in [-0.3, -0.25) is 55.2 Å². The van der Waals surface area contributed by atoms with Crippen LogP contribution < -0.4 is 44.8 Å². The molecule has 0 aliphatic carbocycles. The van der Waals surface area contributed by atoms with Gasteiger partial charge >= 0.3 is 0 Å². The summed E-state index contributed by atoms with van der Waals surface area (Å²) in [6.45, 7) is 94.6. The predicted molar refractivity (Wildman–Crippen MR) is 557 cm³/mol. The number of isothiocyanates is 1. The number of amides is 5. The van der Waals surface area contributed by atoms with Gasteiger partial charge in [0.1, 0.15) is 17.1 Å². The fraction of sp³-hybridized carbons (Fsp3) is 0.804. The molecule has 5 amide bonds. The molecule has 0 saturated heterocycles. The highest BCUT2D eigenvalue weighted by Gasteiger charge is 2.33. The second-order valence-electron chi connectivity index (χ2n) is 40.1. The van der Waals surface area contributed by atoms with Crippen molar-refractivity contribution < 1.29 is 60.0 Å². The molecule has 0 fully saturated rings. The van der Waals surface area contributed by atoms with Crippen LogP contribution in [-0.2, 0) is 62.1 Å². The summed E-state index contributed by atoms with van der Waals surface area (Å²) in [5, 5.41) is 9.50. The van der Waals surface area contributed by atoms with Crippen LogP contribution in [0.4, 0.5) is 0 Å². The molecule has 123 heavy (non-hydrogen) atoms. The lowest BCUT2D eigenvalue weighted by atomic mass is 9.92. The number of thiocarbonyl (C=S) groups is 1. The van der Waals surface area contributed by atoms with E-state index in [9.17, 15) is 55.2 Å². The summed E-state index contributed by atoms with van der Waals surface area (Å²) in [6.07, 6.45) is 7.41. The summed E-state index contributed by atoms with van der Waals surface area (Å²) in [6, 6.07) is 5.98. The van der Waals surface area contributed by atoms with Gasteiger partial charge in [0, 0.05) is 96.5 Å². The average molecular weight is 1890 g/mol. The van der Waals surface area contributed by atoms with Gasteiger partial charge in [-0.25, -0.2) is 48.3 Å². The van der Waals surface area contributed by atoms with Crippen molar-refractivity contribution in [1.29, 1.82) is 0 Å². The fourth-order valence-corrected chi connectivity index (χ4v) is 6.05. The molecule has 0 bridgehead atoms. The monoisotopic (exact) mass is 1890 g/mol. The van der Waals surface area contributed by atoms with Crippen molar-refractivity contribution in [2.75, 3.05) is 0 Å². The smallest absolute Gasteiger partial charge is 0.254 e. The molecule has 0 saturated carbocycles. The Morgan fingerprint density at radius 1 is 0.602 bits per heavy atom. The van der Waals surface area contributed by atoms with Crippen LogP contribution in [-0.4, -0.2) is 139 Å². The van der Waals surface area contributed by atoms with Gasteiger partial charge in [-0.1, -0.05) is 215 Å². The number of sulfone groups is 1. The molecule has 1 aromatic heterocycles. The van der Waals surface area contributed by atoms with Gasteiger partial charge in [0.2, 0.25) is 32.9 Å². The van der Waals surface area contributed by atoms with Gasteiger partial charge in [0.25, 0.3) is 11.8 Å². The molecule has 0 radical (unpaired) electrons. The SMILES string of the molecule is C.C.C.C.C.C.C.C.C.C.C=CS(=O)(=O)C(C)(C)C.CC(=O)C(C)(C)C.CC(=O)NC(C)(C)C.CC(C)(C)C.CC(C)(C)C(=O)NN.CC(C)(C)C=O.CC(C)(C)N.CC(C)(C)N1C(=O)C=CC1=O.CC(C)(C)N=C=O.CC(C)(C)N=C=S.CC(C)(C)NN.CC(C)(C)ON.CC(C)(C)SSc1ccccn1.CC(C)S(=O)(=O)Cl.CCC(=O)NC(C)(C)C. The van der Waals surface area contributed by atoms with Crippen molar-refractivity contribution in [1.82, 2.24) is 31.4 Å². The molecule has 25 nitrogen and oxygen atoms in total. The van der Waals surface area contributed by atoms with Gasteiger partial charge in [-0.05, 0) is 248 Å². The molecule has 0 unspecified atom stereocenters. The number of aromatic nitrogens is 1. The second kappa shape index (κ2) is 81.8. The second-order valence-corrected chi connectivity index (χ2v) is 49.1. The number of hydrogen-bond acceptors (Lipinski definition) is 24. The predicted octanol–water partition coefficient (Wildman–Crippen LogP) is 24.8. The highest BCUT2D eigenvalue weighted by molar-refractivity contribution is 8.77. The lowest BCUT2D eigenvalue weighted by Crippen LogP contribution is -2.45. The first-order valence-corrected chi connectivity index (χ1v) is 43.4. The third-order valence-electron chi connectivity index (χ3n) is 9.29. The minimum atomic E-state index is -3.27. The summed E-state index contributed by atoms with van der Waals surface area (Å²) >= 11 is 4.38. The number of isocyanates is 1. The minimum absolute atomic E-state index is 0. The fourth-order valence-electron chi connectivity index (χ4n) is 3.40. The lowest BCUT2D eigenvalue weighted by Gasteiger charge is -2.29.